The van der Waals surface area contributed by atoms with Crippen LogP contribution in [0.15, 0.2) is 59.1 Å². The molecule has 31 heavy (non-hydrogen) atoms. The summed E-state index contributed by atoms with van der Waals surface area (Å²) < 4.78 is 45.7. The van der Waals surface area contributed by atoms with Crippen LogP contribution in [0.4, 0.5) is 30.2 Å². The molecule has 160 valence electrons. The molecule has 2 aromatic carbocycles. The standard InChI is InChI=1S/C22H18F3N3O3/c1-3-27-16-10-9-14(22(23,24)25)12-17(16)28(15-7-5-4-6-8-15)21(30)19(20(27)29)18-11-13(2)26-31-18/h4-12,19H,3H2,1-2H3. The number of rotatable bonds is 3. The van der Waals surface area contributed by atoms with Gasteiger partial charge in [0.2, 0.25) is 5.91 Å². The van der Waals surface area contributed by atoms with Crippen molar-refractivity contribution in [1.82, 2.24) is 5.16 Å². The molecule has 0 saturated heterocycles. The fraction of sp³-hybridized carbons (Fsp3) is 0.227. The van der Waals surface area contributed by atoms with E-state index in [9.17, 15) is 22.8 Å². The molecule has 1 aliphatic heterocycles. The molecular weight excluding hydrogens is 411 g/mol. The van der Waals surface area contributed by atoms with Crippen molar-refractivity contribution in [2.75, 3.05) is 16.3 Å². The van der Waals surface area contributed by atoms with Gasteiger partial charge in [-0.3, -0.25) is 14.5 Å². The van der Waals surface area contributed by atoms with Gasteiger partial charge in [-0.05, 0) is 44.2 Å². The molecule has 0 spiro atoms. The minimum Gasteiger partial charge on any atom is -0.360 e. The van der Waals surface area contributed by atoms with E-state index in [1.807, 2.05) is 0 Å². The molecule has 0 fully saturated rings. The molecule has 2 heterocycles. The lowest BCUT2D eigenvalue weighted by Crippen LogP contribution is -2.39. The number of aromatic nitrogens is 1. The lowest BCUT2D eigenvalue weighted by molar-refractivity contribution is -0.137. The summed E-state index contributed by atoms with van der Waals surface area (Å²) in [5.41, 5.74) is 0.0694. The number of benzene rings is 2. The fourth-order valence-corrected chi connectivity index (χ4v) is 3.67. The molecule has 3 aromatic rings. The van der Waals surface area contributed by atoms with Gasteiger partial charge < -0.3 is 9.42 Å². The first-order valence-corrected chi connectivity index (χ1v) is 9.57. The predicted octanol–water partition coefficient (Wildman–Crippen LogP) is 4.82. The predicted molar refractivity (Wildman–Crippen MR) is 107 cm³/mol. The van der Waals surface area contributed by atoms with E-state index in [2.05, 4.69) is 5.16 Å². The van der Waals surface area contributed by atoms with Crippen LogP contribution in [0.25, 0.3) is 0 Å². The number of hydrogen-bond acceptors (Lipinski definition) is 4. The van der Waals surface area contributed by atoms with Crippen LogP contribution in [0.2, 0.25) is 0 Å². The first-order valence-electron chi connectivity index (χ1n) is 9.57. The van der Waals surface area contributed by atoms with E-state index < -0.39 is 29.5 Å². The normalized spacial score (nSPS) is 17.0. The van der Waals surface area contributed by atoms with Crippen LogP contribution in [-0.2, 0) is 15.8 Å². The maximum absolute atomic E-state index is 13.7. The molecule has 0 saturated carbocycles. The fourth-order valence-electron chi connectivity index (χ4n) is 3.67. The zero-order chi connectivity index (χ0) is 22.3. The van der Waals surface area contributed by atoms with Crippen molar-refractivity contribution in [3.63, 3.8) is 0 Å². The Kier molecular flexibility index (Phi) is 5.04. The van der Waals surface area contributed by atoms with E-state index in [4.69, 9.17) is 4.52 Å². The van der Waals surface area contributed by atoms with Crippen LogP contribution in [0.1, 0.15) is 29.9 Å². The average Bonchev–Trinajstić information content (AvgIpc) is 3.12. The summed E-state index contributed by atoms with van der Waals surface area (Å²) in [5, 5.41) is 3.77. The Bertz CT molecular complexity index is 1140. The largest absolute Gasteiger partial charge is 0.416 e. The van der Waals surface area contributed by atoms with Gasteiger partial charge >= 0.3 is 6.18 Å². The maximum atomic E-state index is 13.7. The van der Waals surface area contributed by atoms with Crippen molar-refractivity contribution in [3.8, 4) is 0 Å². The second kappa shape index (κ2) is 7.57. The van der Waals surface area contributed by atoms with Gasteiger partial charge in [0.05, 0.1) is 22.6 Å². The molecule has 1 aromatic heterocycles. The number of nitrogens with zero attached hydrogens (tertiary/aromatic N) is 3. The highest BCUT2D eigenvalue weighted by atomic mass is 19.4. The molecule has 9 heteroatoms. The highest BCUT2D eigenvalue weighted by Crippen LogP contribution is 2.44. The second-order valence-electron chi connectivity index (χ2n) is 7.10. The van der Waals surface area contributed by atoms with Crippen LogP contribution < -0.4 is 9.80 Å². The summed E-state index contributed by atoms with van der Waals surface area (Å²) in [6, 6.07) is 12.7. The van der Waals surface area contributed by atoms with Gasteiger partial charge in [-0.1, -0.05) is 23.4 Å². The molecule has 0 radical (unpaired) electrons. The molecule has 0 aliphatic carbocycles. The Labute approximate surface area is 175 Å². The topological polar surface area (TPSA) is 66.7 Å². The van der Waals surface area contributed by atoms with Gasteiger partial charge in [-0.15, -0.1) is 0 Å². The minimum atomic E-state index is -4.62. The Hall–Kier alpha value is -3.62. The van der Waals surface area contributed by atoms with E-state index in [-0.39, 0.29) is 23.7 Å². The monoisotopic (exact) mass is 429 g/mol. The number of aryl methyl sites for hydroxylation is 1. The zero-order valence-corrected chi connectivity index (χ0v) is 16.7. The number of alkyl halides is 3. The summed E-state index contributed by atoms with van der Waals surface area (Å²) in [6.45, 7) is 3.48. The van der Waals surface area contributed by atoms with Crippen molar-refractivity contribution in [2.45, 2.75) is 25.9 Å². The number of anilines is 3. The van der Waals surface area contributed by atoms with Gasteiger partial charge in [-0.2, -0.15) is 13.2 Å². The van der Waals surface area contributed by atoms with E-state index in [1.165, 1.54) is 17.0 Å². The SMILES string of the molecule is CCN1C(=O)C(c2cc(C)no2)C(=O)N(c2ccccc2)c2cc(C(F)(F)F)ccc21. The van der Waals surface area contributed by atoms with Gasteiger partial charge in [-0.25, -0.2) is 0 Å². The number of para-hydroxylation sites is 1. The molecular formula is C22H18F3N3O3. The maximum Gasteiger partial charge on any atom is 0.416 e. The molecule has 6 nitrogen and oxygen atoms in total. The van der Waals surface area contributed by atoms with Crippen LogP contribution in [0.3, 0.4) is 0 Å². The van der Waals surface area contributed by atoms with Crippen LogP contribution in [-0.4, -0.2) is 23.5 Å². The summed E-state index contributed by atoms with van der Waals surface area (Å²) in [7, 11) is 0. The van der Waals surface area contributed by atoms with Crippen molar-refractivity contribution in [3.05, 3.63) is 71.6 Å². The number of likely N-dealkylation sites (N-methyl/N-ethyl adjacent to an activating group) is 1. The second-order valence-corrected chi connectivity index (χ2v) is 7.10. The third kappa shape index (κ3) is 3.56. The molecule has 2 amide bonds. The quantitative estimate of drug-likeness (QED) is 0.560. The number of carbonyl (C=O) groups is 2. The Morgan fingerprint density at radius 2 is 1.71 bits per heavy atom. The number of carbonyl (C=O) groups excluding carboxylic acids is 2. The van der Waals surface area contributed by atoms with Crippen LogP contribution in [0.5, 0.6) is 0 Å². The summed E-state index contributed by atoms with van der Waals surface area (Å²) >= 11 is 0. The zero-order valence-electron chi connectivity index (χ0n) is 16.7. The first kappa shape index (κ1) is 20.6. The van der Waals surface area contributed by atoms with Crippen LogP contribution in [0, 0.1) is 6.92 Å². The third-order valence-corrected chi connectivity index (χ3v) is 5.08. The van der Waals surface area contributed by atoms with Gasteiger partial charge in [0, 0.05) is 18.3 Å². The van der Waals surface area contributed by atoms with E-state index in [0.717, 1.165) is 17.0 Å². The Balaban J connectivity index is 2.00. The van der Waals surface area contributed by atoms with Crippen molar-refractivity contribution >= 4 is 28.9 Å². The lowest BCUT2D eigenvalue weighted by atomic mass is 10.0. The number of fused-ring (bicyclic) bond motifs is 1. The lowest BCUT2D eigenvalue weighted by Gasteiger charge is -2.26. The summed E-state index contributed by atoms with van der Waals surface area (Å²) in [6.07, 6.45) is -4.62. The van der Waals surface area contributed by atoms with E-state index in [0.29, 0.717) is 11.4 Å². The Morgan fingerprint density at radius 3 is 2.29 bits per heavy atom. The summed E-state index contributed by atoms with van der Waals surface area (Å²) in [5.74, 6) is -2.66. The molecule has 0 N–H and O–H groups in total. The first-order chi connectivity index (χ1) is 14.7. The van der Waals surface area contributed by atoms with Gasteiger partial charge in [0.25, 0.3) is 5.91 Å². The van der Waals surface area contributed by atoms with Gasteiger partial charge in [0.15, 0.2) is 11.7 Å². The average molecular weight is 429 g/mol. The third-order valence-electron chi connectivity index (χ3n) is 5.08. The number of hydrogen-bond donors (Lipinski definition) is 0. The molecule has 4 rings (SSSR count). The van der Waals surface area contributed by atoms with Crippen molar-refractivity contribution < 1.29 is 27.3 Å². The van der Waals surface area contributed by atoms with Crippen LogP contribution >= 0.6 is 0 Å². The summed E-state index contributed by atoms with van der Waals surface area (Å²) in [4.78, 5) is 29.5. The molecule has 1 unspecified atom stereocenters. The number of halogens is 3. The molecule has 1 aliphatic rings. The van der Waals surface area contributed by atoms with E-state index >= 15 is 0 Å². The van der Waals surface area contributed by atoms with Gasteiger partial charge in [0.1, 0.15) is 0 Å². The minimum absolute atomic E-state index is 0.0278. The molecule has 0 bridgehead atoms. The smallest absolute Gasteiger partial charge is 0.360 e. The molecule has 1 atom stereocenters. The van der Waals surface area contributed by atoms with Crippen molar-refractivity contribution in [2.24, 2.45) is 0 Å². The number of amides is 2. The highest BCUT2D eigenvalue weighted by molar-refractivity contribution is 6.23. The Morgan fingerprint density at radius 1 is 1.00 bits per heavy atom. The highest BCUT2D eigenvalue weighted by Gasteiger charge is 2.44. The van der Waals surface area contributed by atoms with Crippen molar-refractivity contribution in [1.29, 1.82) is 0 Å². The van der Waals surface area contributed by atoms with E-state index in [1.54, 1.807) is 44.2 Å².